The van der Waals surface area contributed by atoms with E-state index in [0.29, 0.717) is 10.7 Å². The smallest absolute Gasteiger partial charge is 0.244 e. The van der Waals surface area contributed by atoms with Crippen molar-refractivity contribution in [3.63, 3.8) is 0 Å². The van der Waals surface area contributed by atoms with E-state index in [2.05, 4.69) is 5.32 Å². The van der Waals surface area contributed by atoms with Gasteiger partial charge in [0.15, 0.2) is 0 Å². The fourth-order valence-electron chi connectivity index (χ4n) is 2.42. The standard InChI is InChI=1S/C19H21ClN2O2/c1-12-8-9-16(10-13(12)2)21-19(24)11-22(15(4)23)18-7-5-6-17(20)14(18)3/h5-10H,11H2,1-4H3,(H,21,24). The van der Waals surface area contributed by atoms with Gasteiger partial charge in [-0.15, -0.1) is 0 Å². The Morgan fingerprint density at radius 3 is 2.42 bits per heavy atom. The second kappa shape index (κ2) is 7.49. The molecule has 0 aromatic heterocycles. The van der Waals surface area contributed by atoms with Crippen molar-refractivity contribution in [2.24, 2.45) is 0 Å². The number of nitrogens with zero attached hydrogens (tertiary/aromatic N) is 1. The van der Waals surface area contributed by atoms with Gasteiger partial charge in [0.25, 0.3) is 0 Å². The first-order valence-corrected chi connectivity index (χ1v) is 8.07. The minimum atomic E-state index is -0.257. The van der Waals surface area contributed by atoms with Crippen LogP contribution in [0.5, 0.6) is 0 Å². The molecule has 0 saturated heterocycles. The lowest BCUT2D eigenvalue weighted by Gasteiger charge is -2.23. The highest BCUT2D eigenvalue weighted by atomic mass is 35.5. The molecule has 0 atom stereocenters. The molecule has 2 aromatic carbocycles. The van der Waals surface area contributed by atoms with Crippen molar-refractivity contribution in [2.45, 2.75) is 27.7 Å². The number of aryl methyl sites for hydroxylation is 2. The van der Waals surface area contributed by atoms with Gasteiger partial charge in [-0.1, -0.05) is 23.7 Å². The summed E-state index contributed by atoms with van der Waals surface area (Å²) in [6.45, 7) is 7.20. The van der Waals surface area contributed by atoms with Crippen LogP contribution >= 0.6 is 11.6 Å². The van der Waals surface area contributed by atoms with E-state index in [1.165, 1.54) is 11.8 Å². The van der Waals surface area contributed by atoms with Crippen molar-refractivity contribution < 1.29 is 9.59 Å². The van der Waals surface area contributed by atoms with Crippen molar-refractivity contribution in [2.75, 3.05) is 16.8 Å². The SMILES string of the molecule is CC(=O)N(CC(=O)Nc1ccc(C)c(C)c1)c1cccc(Cl)c1C. The summed E-state index contributed by atoms with van der Waals surface area (Å²) in [5.41, 5.74) is 4.39. The van der Waals surface area contributed by atoms with Crippen LogP contribution in [0.3, 0.4) is 0 Å². The first-order valence-electron chi connectivity index (χ1n) is 7.70. The van der Waals surface area contributed by atoms with E-state index in [0.717, 1.165) is 22.4 Å². The van der Waals surface area contributed by atoms with Gasteiger partial charge in [-0.05, 0) is 61.7 Å². The van der Waals surface area contributed by atoms with E-state index in [1.807, 2.05) is 39.0 Å². The molecule has 24 heavy (non-hydrogen) atoms. The molecule has 0 unspecified atom stereocenters. The van der Waals surface area contributed by atoms with Gasteiger partial charge in [0.2, 0.25) is 11.8 Å². The number of carbonyl (C=O) groups excluding carboxylic acids is 2. The normalized spacial score (nSPS) is 10.4. The first-order chi connectivity index (χ1) is 11.3. The number of anilines is 2. The molecule has 0 aliphatic heterocycles. The summed E-state index contributed by atoms with van der Waals surface area (Å²) in [4.78, 5) is 25.8. The topological polar surface area (TPSA) is 49.4 Å². The van der Waals surface area contributed by atoms with E-state index in [-0.39, 0.29) is 18.4 Å². The number of rotatable bonds is 4. The van der Waals surface area contributed by atoms with Crippen LogP contribution in [0.4, 0.5) is 11.4 Å². The van der Waals surface area contributed by atoms with Gasteiger partial charge in [0.1, 0.15) is 6.54 Å². The van der Waals surface area contributed by atoms with Crippen molar-refractivity contribution in [1.29, 1.82) is 0 Å². The molecule has 0 heterocycles. The highest BCUT2D eigenvalue weighted by Crippen LogP contribution is 2.26. The molecule has 0 saturated carbocycles. The minimum absolute atomic E-state index is 0.0660. The predicted octanol–water partition coefficient (Wildman–Crippen LogP) is 4.26. The molecular weight excluding hydrogens is 324 g/mol. The van der Waals surface area contributed by atoms with Crippen molar-refractivity contribution in [1.82, 2.24) is 0 Å². The lowest BCUT2D eigenvalue weighted by atomic mass is 10.1. The molecule has 0 bridgehead atoms. The van der Waals surface area contributed by atoms with Gasteiger partial charge in [0, 0.05) is 23.3 Å². The number of hydrogen-bond acceptors (Lipinski definition) is 2. The van der Waals surface area contributed by atoms with Crippen LogP contribution in [0, 0.1) is 20.8 Å². The second-order valence-electron chi connectivity index (χ2n) is 5.84. The fraction of sp³-hybridized carbons (Fsp3) is 0.263. The Bertz CT molecular complexity index is 787. The Balaban J connectivity index is 2.18. The van der Waals surface area contributed by atoms with Gasteiger partial charge < -0.3 is 10.2 Å². The fourth-order valence-corrected chi connectivity index (χ4v) is 2.59. The highest BCUT2D eigenvalue weighted by Gasteiger charge is 2.18. The van der Waals surface area contributed by atoms with Crippen LogP contribution in [-0.4, -0.2) is 18.4 Å². The summed E-state index contributed by atoms with van der Waals surface area (Å²) in [7, 11) is 0. The molecule has 0 fully saturated rings. The number of hydrogen-bond donors (Lipinski definition) is 1. The molecule has 2 amide bonds. The first kappa shape index (κ1) is 18.0. The summed E-state index contributed by atoms with van der Waals surface area (Å²) < 4.78 is 0. The van der Waals surface area contributed by atoms with Gasteiger partial charge in [-0.3, -0.25) is 9.59 Å². The number of halogens is 1. The van der Waals surface area contributed by atoms with Gasteiger partial charge in [-0.25, -0.2) is 0 Å². The van der Waals surface area contributed by atoms with E-state index in [9.17, 15) is 9.59 Å². The molecule has 0 aliphatic carbocycles. The molecule has 2 rings (SSSR count). The monoisotopic (exact) mass is 344 g/mol. The number of carbonyl (C=O) groups is 2. The Morgan fingerprint density at radius 2 is 1.79 bits per heavy atom. The van der Waals surface area contributed by atoms with E-state index < -0.39 is 0 Å². The molecule has 0 spiro atoms. The van der Waals surface area contributed by atoms with Crippen LogP contribution in [0.2, 0.25) is 5.02 Å². The molecule has 1 N–H and O–H groups in total. The summed E-state index contributed by atoms with van der Waals surface area (Å²) in [6.07, 6.45) is 0. The Kier molecular flexibility index (Phi) is 5.62. The van der Waals surface area contributed by atoms with Crippen LogP contribution in [0.1, 0.15) is 23.6 Å². The largest absolute Gasteiger partial charge is 0.325 e. The molecule has 2 aromatic rings. The summed E-state index contributed by atoms with van der Waals surface area (Å²) in [6, 6.07) is 11.0. The zero-order chi connectivity index (χ0) is 17.9. The highest BCUT2D eigenvalue weighted by molar-refractivity contribution is 6.31. The van der Waals surface area contributed by atoms with Crippen LogP contribution < -0.4 is 10.2 Å². The van der Waals surface area contributed by atoms with Crippen molar-refractivity contribution >= 4 is 34.8 Å². The van der Waals surface area contributed by atoms with E-state index in [4.69, 9.17) is 11.6 Å². The van der Waals surface area contributed by atoms with Gasteiger partial charge in [-0.2, -0.15) is 0 Å². The number of benzene rings is 2. The third kappa shape index (κ3) is 4.15. The summed E-state index contributed by atoms with van der Waals surface area (Å²) >= 11 is 6.12. The molecular formula is C19H21ClN2O2. The predicted molar refractivity (Wildman–Crippen MR) is 98.8 cm³/mol. The maximum Gasteiger partial charge on any atom is 0.244 e. The Hall–Kier alpha value is -2.33. The van der Waals surface area contributed by atoms with E-state index in [1.54, 1.807) is 18.2 Å². The number of amides is 2. The van der Waals surface area contributed by atoms with Crippen molar-refractivity contribution in [3.8, 4) is 0 Å². The zero-order valence-corrected chi connectivity index (χ0v) is 15.1. The minimum Gasteiger partial charge on any atom is -0.325 e. The molecule has 4 nitrogen and oxygen atoms in total. The zero-order valence-electron chi connectivity index (χ0n) is 14.3. The van der Waals surface area contributed by atoms with Crippen LogP contribution in [0.25, 0.3) is 0 Å². The average Bonchev–Trinajstić information content (AvgIpc) is 2.51. The number of nitrogens with one attached hydrogen (secondary N) is 1. The second-order valence-corrected chi connectivity index (χ2v) is 6.24. The van der Waals surface area contributed by atoms with Crippen LogP contribution in [-0.2, 0) is 9.59 Å². The van der Waals surface area contributed by atoms with Crippen LogP contribution in [0.15, 0.2) is 36.4 Å². The molecule has 126 valence electrons. The maximum absolute atomic E-state index is 12.4. The van der Waals surface area contributed by atoms with Crippen molar-refractivity contribution in [3.05, 3.63) is 58.1 Å². The average molecular weight is 345 g/mol. The molecule has 0 radical (unpaired) electrons. The quantitative estimate of drug-likeness (QED) is 0.901. The molecule has 0 aliphatic rings. The third-order valence-electron chi connectivity index (χ3n) is 4.00. The van der Waals surface area contributed by atoms with Gasteiger partial charge >= 0.3 is 0 Å². The maximum atomic E-state index is 12.4. The lowest BCUT2D eigenvalue weighted by Crippen LogP contribution is -2.37. The van der Waals surface area contributed by atoms with Gasteiger partial charge in [0.05, 0.1) is 0 Å². The van der Waals surface area contributed by atoms with E-state index >= 15 is 0 Å². The summed E-state index contributed by atoms with van der Waals surface area (Å²) in [5.74, 6) is -0.469. The Labute approximate surface area is 147 Å². The Morgan fingerprint density at radius 1 is 1.08 bits per heavy atom. The lowest BCUT2D eigenvalue weighted by molar-refractivity contribution is -0.120. The third-order valence-corrected chi connectivity index (χ3v) is 4.41. The summed E-state index contributed by atoms with van der Waals surface area (Å²) in [5, 5.41) is 3.40. The molecule has 5 heteroatoms.